The van der Waals surface area contributed by atoms with Crippen molar-refractivity contribution in [1.29, 1.82) is 0 Å². The first-order chi connectivity index (χ1) is 13.8. The SMILES string of the molecule is CCCCCCC(Cl)C(Cl)(Cl)C(Cl)(c1ccccc1)C(OCC)(OCC)OCC. The van der Waals surface area contributed by atoms with Crippen LogP contribution in [0.15, 0.2) is 30.3 Å². The standard InChI is InChI=1S/C22H34Cl4O3/c1-5-9-10-14-17-19(23)21(25,26)20(24,18-15-12-11-13-16-18)22(27-6-2,28-7-3)29-8-4/h11-13,15-16,19H,5-10,14,17H2,1-4H3. The van der Waals surface area contributed by atoms with Gasteiger partial charge in [-0.15, -0.1) is 23.2 Å². The Hall–Kier alpha value is 0.260. The molecule has 1 rings (SSSR count). The van der Waals surface area contributed by atoms with E-state index in [9.17, 15) is 0 Å². The molecule has 168 valence electrons. The maximum atomic E-state index is 7.33. The van der Waals surface area contributed by atoms with Gasteiger partial charge in [0.05, 0.1) is 5.38 Å². The molecule has 0 bridgehead atoms. The third kappa shape index (κ3) is 6.16. The van der Waals surface area contributed by atoms with Gasteiger partial charge >= 0.3 is 5.97 Å². The number of ether oxygens (including phenoxy) is 3. The van der Waals surface area contributed by atoms with Crippen molar-refractivity contribution in [3.05, 3.63) is 35.9 Å². The smallest absolute Gasteiger partial charge is 0.310 e. The van der Waals surface area contributed by atoms with E-state index in [0.29, 0.717) is 12.0 Å². The molecule has 2 unspecified atom stereocenters. The van der Waals surface area contributed by atoms with Crippen molar-refractivity contribution in [1.82, 2.24) is 0 Å². The summed E-state index contributed by atoms with van der Waals surface area (Å²) >= 11 is 28.1. The average molecular weight is 488 g/mol. The maximum Gasteiger partial charge on any atom is 0.310 e. The molecule has 2 atom stereocenters. The van der Waals surface area contributed by atoms with Crippen LogP contribution in [0.4, 0.5) is 0 Å². The summed E-state index contributed by atoms with van der Waals surface area (Å²) < 4.78 is 16.4. The van der Waals surface area contributed by atoms with Crippen LogP contribution in [-0.2, 0) is 19.1 Å². The molecule has 0 heterocycles. The highest BCUT2D eigenvalue weighted by molar-refractivity contribution is 6.56. The largest absolute Gasteiger partial charge is 0.326 e. The van der Waals surface area contributed by atoms with Crippen LogP contribution in [0.3, 0.4) is 0 Å². The summed E-state index contributed by atoms with van der Waals surface area (Å²) in [6.45, 7) is 8.52. The first kappa shape index (κ1) is 27.3. The fraction of sp³-hybridized carbons (Fsp3) is 0.727. The second-order valence-electron chi connectivity index (χ2n) is 6.82. The lowest BCUT2D eigenvalue weighted by Crippen LogP contribution is -2.64. The van der Waals surface area contributed by atoms with Gasteiger partial charge < -0.3 is 14.2 Å². The monoisotopic (exact) mass is 486 g/mol. The predicted molar refractivity (Wildman–Crippen MR) is 124 cm³/mol. The van der Waals surface area contributed by atoms with Crippen LogP contribution in [0.5, 0.6) is 0 Å². The molecule has 0 fully saturated rings. The minimum Gasteiger partial charge on any atom is -0.326 e. The summed E-state index contributed by atoms with van der Waals surface area (Å²) in [6, 6.07) is 9.26. The van der Waals surface area contributed by atoms with E-state index in [-0.39, 0.29) is 19.8 Å². The van der Waals surface area contributed by atoms with Gasteiger partial charge in [-0.2, -0.15) is 0 Å². The summed E-state index contributed by atoms with van der Waals surface area (Å²) in [5.41, 5.74) is 0.612. The van der Waals surface area contributed by atoms with Crippen molar-refractivity contribution in [3.8, 4) is 0 Å². The summed E-state index contributed by atoms with van der Waals surface area (Å²) in [4.78, 5) is -1.62. The second kappa shape index (κ2) is 13.0. The van der Waals surface area contributed by atoms with E-state index in [0.717, 1.165) is 25.7 Å². The molecule has 0 radical (unpaired) electrons. The predicted octanol–water partition coefficient (Wildman–Crippen LogP) is 7.64. The minimum atomic E-state index is -1.71. The van der Waals surface area contributed by atoms with Crippen LogP contribution in [-0.4, -0.2) is 35.5 Å². The topological polar surface area (TPSA) is 27.7 Å². The fourth-order valence-corrected chi connectivity index (χ4v) is 4.85. The Labute approximate surface area is 196 Å². The molecule has 7 heteroatoms. The van der Waals surface area contributed by atoms with Crippen LogP contribution >= 0.6 is 46.4 Å². The molecule has 0 spiro atoms. The lowest BCUT2D eigenvalue weighted by Gasteiger charge is -2.51. The van der Waals surface area contributed by atoms with Gasteiger partial charge in [0.1, 0.15) is 0 Å². The van der Waals surface area contributed by atoms with Gasteiger partial charge in [-0.25, -0.2) is 0 Å². The van der Waals surface area contributed by atoms with Crippen molar-refractivity contribution in [2.24, 2.45) is 0 Å². The highest BCUT2D eigenvalue weighted by Gasteiger charge is 2.68. The van der Waals surface area contributed by atoms with Crippen LogP contribution < -0.4 is 0 Å². The first-order valence-corrected chi connectivity index (χ1v) is 12.0. The molecule has 29 heavy (non-hydrogen) atoms. The summed E-state index contributed by atoms with van der Waals surface area (Å²) in [6.07, 6.45) is 4.82. The molecule has 0 amide bonds. The van der Waals surface area contributed by atoms with Crippen molar-refractivity contribution in [2.45, 2.75) is 80.4 Å². The Kier molecular flexibility index (Phi) is 12.2. The van der Waals surface area contributed by atoms with Crippen LogP contribution in [0.2, 0.25) is 0 Å². The molecule has 1 aromatic carbocycles. The van der Waals surface area contributed by atoms with Gasteiger partial charge in [-0.1, -0.05) is 86.1 Å². The Morgan fingerprint density at radius 3 is 1.76 bits per heavy atom. The van der Waals surface area contributed by atoms with Gasteiger partial charge in [0.15, 0.2) is 9.21 Å². The zero-order valence-electron chi connectivity index (χ0n) is 17.9. The molecule has 0 aromatic heterocycles. The van der Waals surface area contributed by atoms with E-state index in [1.807, 2.05) is 51.1 Å². The van der Waals surface area contributed by atoms with E-state index in [2.05, 4.69) is 6.92 Å². The number of hydrogen-bond donors (Lipinski definition) is 0. The zero-order chi connectivity index (χ0) is 22.0. The summed E-state index contributed by atoms with van der Waals surface area (Å²) in [5.74, 6) is -1.71. The Morgan fingerprint density at radius 1 is 0.793 bits per heavy atom. The van der Waals surface area contributed by atoms with Crippen LogP contribution in [0.25, 0.3) is 0 Å². The Bertz CT molecular complexity index is 553. The van der Waals surface area contributed by atoms with Gasteiger partial charge in [0.2, 0.25) is 0 Å². The van der Waals surface area contributed by atoms with E-state index in [1.54, 1.807) is 0 Å². The van der Waals surface area contributed by atoms with Gasteiger partial charge in [0, 0.05) is 19.8 Å². The lowest BCUT2D eigenvalue weighted by atomic mass is 9.87. The molecule has 0 aliphatic heterocycles. The van der Waals surface area contributed by atoms with Crippen LogP contribution in [0.1, 0.15) is 65.4 Å². The molecular formula is C22H34Cl4O3. The molecule has 0 aliphatic rings. The number of alkyl halides is 4. The number of unbranched alkanes of at least 4 members (excludes halogenated alkanes) is 3. The highest BCUT2D eigenvalue weighted by Crippen LogP contribution is 2.59. The first-order valence-electron chi connectivity index (χ1n) is 10.4. The summed E-state index contributed by atoms with van der Waals surface area (Å²) in [5, 5.41) is -0.652. The third-order valence-electron chi connectivity index (χ3n) is 4.76. The van der Waals surface area contributed by atoms with E-state index in [1.165, 1.54) is 0 Å². The van der Waals surface area contributed by atoms with Crippen molar-refractivity contribution < 1.29 is 14.2 Å². The van der Waals surface area contributed by atoms with Crippen molar-refractivity contribution in [3.63, 3.8) is 0 Å². The number of halogens is 4. The summed E-state index contributed by atoms with van der Waals surface area (Å²) in [7, 11) is 0. The lowest BCUT2D eigenvalue weighted by molar-refractivity contribution is -0.398. The average Bonchev–Trinajstić information content (AvgIpc) is 2.71. The molecule has 0 aliphatic carbocycles. The fourth-order valence-electron chi connectivity index (χ4n) is 3.38. The molecule has 1 aromatic rings. The maximum absolute atomic E-state index is 7.33. The Balaban J connectivity index is 3.50. The number of benzene rings is 1. The number of hydrogen-bond acceptors (Lipinski definition) is 3. The molecule has 3 nitrogen and oxygen atoms in total. The van der Waals surface area contributed by atoms with Gasteiger partial charge in [-0.3, -0.25) is 0 Å². The minimum absolute atomic E-state index is 0.286. The van der Waals surface area contributed by atoms with Crippen molar-refractivity contribution >= 4 is 46.4 Å². The molecule has 0 N–H and O–H groups in total. The molecule has 0 saturated carbocycles. The molecule has 0 saturated heterocycles. The normalized spacial score (nSPS) is 15.9. The highest BCUT2D eigenvalue weighted by atomic mass is 35.5. The second-order valence-corrected chi connectivity index (χ2v) is 9.30. The van der Waals surface area contributed by atoms with Gasteiger partial charge in [0.25, 0.3) is 0 Å². The van der Waals surface area contributed by atoms with E-state index < -0.39 is 20.6 Å². The quantitative estimate of drug-likeness (QED) is 0.144. The Morgan fingerprint density at radius 2 is 1.31 bits per heavy atom. The van der Waals surface area contributed by atoms with E-state index >= 15 is 0 Å². The van der Waals surface area contributed by atoms with Gasteiger partial charge in [-0.05, 0) is 32.8 Å². The van der Waals surface area contributed by atoms with Crippen molar-refractivity contribution in [2.75, 3.05) is 19.8 Å². The number of rotatable bonds is 15. The van der Waals surface area contributed by atoms with E-state index in [4.69, 9.17) is 60.6 Å². The third-order valence-corrected chi connectivity index (χ3v) is 7.56. The van der Waals surface area contributed by atoms with Crippen LogP contribution in [0, 0.1) is 0 Å². The zero-order valence-corrected chi connectivity index (χ0v) is 20.9. The molecular weight excluding hydrogens is 454 g/mol.